The normalized spacial score (nSPS) is 10.5. The number of nitrogens with zero attached hydrogens (tertiary/aromatic N) is 2. The van der Waals surface area contributed by atoms with Gasteiger partial charge in [0, 0.05) is 29.2 Å². The summed E-state index contributed by atoms with van der Waals surface area (Å²) in [5.41, 5.74) is 0.0282. The summed E-state index contributed by atoms with van der Waals surface area (Å²) < 4.78 is 0.915. The number of aromatic amines is 1. The number of amides is 1. The van der Waals surface area contributed by atoms with Gasteiger partial charge in [-0.1, -0.05) is 56.5 Å². The Hall–Kier alpha value is -2.83. The van der Waals surface area contributed by atoms with Crippen LogP contribution < -0.4 is 21.5 Å². The Labute approximate surface area is 155 Å². The summed E-state index contributed by atoms with van der Waals surface area (Å²) in [6.07, 6.45) is 5.42. The van der Waals surface area contributed by atoms with Gasteiger partial charge < -0.3 is 10.2 Å². The fraction of sp³-hybridized carbons (Fsp3) is 0.421. The van der Waals surface area contributed by atoms with Gasteiger partial charge in [-0.05, 0) is 12.0 Å². The van der Waals surface area contributed by atoms with E-state index in [0.717, 1.165) is 35.8 Å². The molecule has 1 aromatic heterocycles. The molecule has 1 amide bonds. The van der Waals surface area contributed by atoms with Crippen molar-refractivity contribution in [1.82, 2.24) is 14.9 Å². The van der Waals surface area contributed by atoms with E-state index in [-0.39, 0.29) is 8.54 Å². The topological polar surface area (TPSA) is 87.2 Å². The van der Waals surface area contributed by atoms with E-state index in [4.69, 9.17) is 0 Å². The Morgan fingerprint density at radius 2 is 1.92 bits per heavy atom. The molecule has 0 saturated heterocycles. The Balaban J connectivity index is 0.00000364. The summed E-state index contributed by atoms with van der Waals surface area (Å²) in [6, 6.07) is 9.12. The lowest BCUT2D eigenvalue weighted by Gasteiger charge is -2.19. The SMILES string of the molecule is CCCCCCNC(=O)n1cc(N(C)Cc2ccccc2)c(=O)[nH]c1=O.[HH].[HH]. The number of H-pyrrole nitrogens is 1. The van der Waals surface area contributed by atoms with Gasteiger partial charge in [0.15, 0.2) is 0 Å². The molecule has 1 aromatic carbocycles. The van der Waals surface area contributed by atoms with Gasteiger partial charge in [-0.2, -0.15) is 0 Å². The third-order valence-corrected chi connectivity index (χ3v) is 4.12. The molecule has 0 atom stereocenters. The summed E-state index contributed by atoms with van der Waals surface area (Å²) in [4.78, 5) is 40.3. The van der Waals surface area contributed by atoms with Crippen LogP contribution >= 0.6 is 0 Å². The average Bonchev–Trinajstić information content (AvgIpc) is 2.62. The lowest BCUT2D eigenvalue weighted by Crippen LogP contribution is -2.41. The maximum Gasteiger partial charge on any atom is 0.336 e. The van der Waals surface area contributed by atoms with Crippen LogP contribution in [-0.2, 0) is 6.54 Å². The highest BCUT2D eigenvalue weighted by Crippen LogP contribution is 2.09. The summed E-state index contributed by atoms with van der Waals surface area (Å²) in [5.74, 6) is 0. The number of unbranched alkanes of at least 4 members (excludes halogenated alkanes) is 3. The van der Waals surface area contributed by atoms with Gasteiger partial charge in [0.25, 0.3) is 5.56 Å². The molecule has 7 nitrogen and oxygen atoms in total. The van der Waals surface area contributed by atoms with Crippen LogP contribution in [0.1, 0.15) is 41.0 Å². The number of anilines is 1. The molecule has 2 aromatic rings. The highest BCUT2D eigenvalue weighted by molar-refractivity contribution is 5.77. The van der Waals surface area contributed by atoms with Crippen molar-refractivity contribution in [3.63, 3.8) is 0 Å². The molecular weight excluding hydrogens is 332 g/mol. The van der Waals surface area contributed by atoms with E-state index in [9.17, 15) is 14.4 Å². The van der Waals surface area contributed by atoms with Crippen LogP contribution in [0.2, 0.25) is 0 Å². The van der Waals surface area contributed by atoms with E-state index < -0.39 is 17.3 Å². The zero-order valence-electron chi connectivity index (χ0n) is 15.3. The summed E-state index contributed by atoms with van der Waals surface area (Å²) in [6.45, 7) is 3.10. The van der Waals surface area contributed by atoms with Gasteiger partial charge in [-0.3, -0.25) is 9.78 Å². The first-order chi connectivity index (χ1) is 12.5. The van der Waals surface area contributed by atoms with Gasteiger partial charge in [0.05, 0.1) is 0 Å². The third-order valence-electron chi connectivity index (χ3n) is 4.12. The molecule has 0 spiro atoms. The zero-order chi connectivity index (χ0) is 18.9. The first-order valence-corrected chi connectivity index (χ1v) is 8.92. The fourth-order valence-electron chi connectivity index (χ4n) is 2.66. The van der Waals surface area contributed by atoms with Gasteiger partial charge in [-0.15, -0.1) is 0 Å². The van der Waals surface area contributed by atoms with Crippen molar-refractivity contribution in [2.75, 3.05) is 18.5 Å². The minimum Gasteiger partial charge on any atom is -0.365 e. The molecule has 0 radical (unpaired) electrons. The Morgan fingerprint density at radius 3 is 2.62 bits per heavy atom. The number of nitrogens with one attached hydrogen (secondary N) is 2. The standard InChI is InChI=1S/C19H26N4O3.2H2/c1-3-4-5-9-12-20-18(25)23-14-16(17(24)21-19(23)26)22(2)13-15-10-7-6-8-11-15;;/h6-8,10-11,14H,3-5,9,12-13H2,1-2H3,(H,20,25)(H,21,24,26);2*1H. The molecule has 144 valence electrons. The molecule has 2 rings (SSSR count). The molecular formula is C19H30N4O3. The van der Waals surface area contributed by atoms with Crippen molar-refractivity contribution in [3.05, 3.63) is 62.9 Å². The van der Waals surface area contributed by atoms with Crippen molar-refractivity contribution < 1.29 is 7.65 Å². The average molecular weight is 362 g/mol. The first-order valence-electron chi connectivity index (χ1n) is 8.92. The Kier molecular flexibility index (Phi) is 7.20. The van der Waals surface area contributed by atoms with Crippen molar-refractivity contribution in [2.24, 2.45) is 0 Å². The summed E-state index contributed by atoms with van der Waals surface area (Å²) in [5, 5.41) is 2.72. The van der Waals surface area contributed by atoms with Gasteiger partial charge in [-0.25, -0.2) is 14.2 Å². The van der Waals surface area contributed by atoms with Crippen LogP contribution in [0.5, 0.6) is 0 Å². The summed E-state index contributed by atoms with van der Waals surface area (Å²) in [7, 11) is 1.75. The van der Waals surface area contributed by atoms with Crippen molar-refractivity contribution in [2.45, 2.75) is 39.2 Å². The molecule has 0 aliphatic heterocycles. The lowest BCUT2D eigenvalue weighted by atomic mass is 10.2. The lowest BCUT2D eigenvalue weighted by molar-refractivity contribution is 0.241. The highest BCUT2D eigenvalue weighted by atomic mass is 16.2. The number of rotatable bonds is 8. The number of hydrogen-bond acceptors (Lipinski definition) is 4. The van der Waals surface area contributed by atoms with E-state index in [2.05, 4.69) is 17.2 Å². The largest absolute Gasteiger partial charge is 0.365 e. The molecule has 26 heavy (non-hydrogen) atoms. The first kappa shape index (κ1) is 19.5. The maximum absolute atomic E-state index is 12.3. The zero-order valence-corrected chi connectivity index (χ0v) is 15.3. The van der Waals surface area contributed by atoms with Crippen LogP contribution in [0.4, 0.5) is 10.5 Å². The monoisotopic (exact) mass is 362 g/mol. The molecule has 7 heteroatoms. The highest BCUT2D eigenvalue weighted by Gasteiger charge is 2.13. The molecule has 0 saturated carbocycles. The second kappa shape index (κ2) is 9.60. The molecule has 0 bridgehead atoms. The molecule has 0 aliphatic carbocycles. The van der Waals surface area contributed by atoms with E-state index in [1.54, 1.807) is 11.9 Å². The van der Waals surface area contributed by atoms with Crippen LogP contribution in [0, 0.1) is 0 Å². The van der Waals surface area contributed by atoms with Crippen molar-refractivity contribution >= 4 is 11.7 Å². The smallest absolute Gasteiger partial charge is 0.336 e. The van der Waals surface area contributed by atoms with E-state index >= 15 is 0 Å². The van der Waals surface area contributed by atoms with Crippen molar-refractivity contribution in [3.8, 4) is 0 Å². The molecule has 1 heterocycles. The molecule has 2 N–H and O–H groups in total. The van der Waals surface area contributed by atoms with Crippen LogP contribution in [0.15, 0.2) is 46.1 Å². The molecule has 0 unspecified atom stereocenters. The van der Waals surface area contributed by atoms with Crippen LogP contribution in [0.25, 0.3) is 0 Å². The molecule has 0 fully saturated rings. The van der Waals surface area contributed by atoms with Gasteiger partial charge in [0.1, 0.15) is 5.69 Å². The molecule has 0 aliphatic rings. The second-order valence-corrected chi connectivity index (χ2v) is 6.28. The van der Waals surface area contributed by atoms with Crippen LogP contribution in [0.3, 0.4) is 0 Å². The Morgan fingerprint density at radius 1 is 1.19 bits per heavy atom. The number of carbonyl (C=O) groups is 1. The number of carbonyl (C=O) groups excluding carboxylic acids is 1. The van der Waals surface area contributed by atoms with Crippen molar-refractivity contribution in [1.29, 1.82) is 0 Å². The third kappa shape index (κ3) is 5.34. The number of aromatic nitrogens is 2. The van der Waals surface area contributed by atoms with E-state index in [1.807, 2.05) is 30.3 Å². The fourth-order valence-corrected chi connectivity index (χ4v) is 2.66. The number of hydrogen-bond donors (Lipinski definition) is 2. The number of benzene rings is 1. The van der Waals surface area contributed by atoms with Crippen LogP contribution in [-0.4, -0.2) is 29.2 Å². The second-order valence-electron chi connectivity index (χ2n) is 6.28. The Bertz CT molecular complexity index is 837. The predicted octanol–water partition coefficient (Wildman–Crippen LogP) is 2.80. The minimum absolute atomic E-state index is 0. The van der Waals surface area contributed by atoms with Gasteiger partial charge in [0.2, 0.25) is 0 Å². The maximum atomic E-state index is 12.3. The van der Waals surface area contributed by atoms with Gasteiger partial charge >= 0.3 is 11.7 Å². The predicted molar refractivity (Wildman–Crippen MR) is 107 cm³/mol. The van der Waals surface area contributed by atoms with E-state index in [1.165, 1.54) is 6.20 Å². The minimum atomic E-state index is -0.738. The summed E-state index contributed by atoms with van der Waals surface area (Å²) >= 11 is 0. The van der Waals surface area contributed by atoms with E-state index in [0.29, 0.717) is 13.1 Å². The quantitative estimate of drug-likeness (QED) is 0.707.